The fourth-order valence-electron chi connectivity index (χ4n) is 4.89. The third-order valence-electron chi connectivity index (χ3n) is 7.61. The lowest BCUT2D eigenvalue weighted by atomic mass is 10.1. The van der Waals surface area contributed by atoms with E-state index in [2.05, 4.69) is 24.9 Å². The molecule has 0 unspecified atom stereocenters. The van der Waals surface area contributed by atoms with E-state index in [1.54, 1.807) is 55.0 Å². The molecule has 0 aliphatic heterocycles. The molecule has 4 aromatic heterocycles. The summed E-state index contributed by atoms with van der Waals surface area (Å²) in [6, 6.07) is 11.3. The molecule has 4 heterocycles. The van der Waals surface area contributed by atoms with E-state index in [-0.39, 0.29) is 16.3 Å². The van der Waals surface area contributed by atoms with Crippen LogP contribution in [0, 0.1) is 59.6 Å². The number of nitrogens with zero attached hydrogens (tertiary/aromatic N) is 5. The second-order valence-corrected chi connectivity index (χ2v) is 12.2. The van der Waals surface area contributed by atoms with Crippen LogP contribution >= 0.6 is 24.0 Å². The van der Waals surface area contributed by atoms with Gasteiger partial charge < -0.3 is 24.4 Å². The van der Waals surface area contributed by atoms with Crippen molar-refractivity contribution in [2.75, 3.05) is 14.2 Å². The van der Waals surface area contributed by atoms with E-state index in [1.807, 2.05) is 36.4 Å². The summed E-state index contributed by atoms with van der Waals surface area (Å²) >= 11 is 6.40. The van der Waals surface area contributed by atoms with Crippen molar-refractivity contribution in [3.05, 3.63) is 107 Å². The number of thioether (sulfide) groups is 1. The number of ether oxygens (including phenoxy) is 2. The van der Waals surface area contributed by atoms with Crippen LogP contribution in [0.25, 0.3) is 22.1 Å². The van der Waals surface area contributed by atoms with Gasteiger partial charge in [-0.25, -0.2) is 4.98 Å². The van der Waals surface area contributed by atoms with Crippen LogP contribution < -0.4 is 14.2 Å². The van der Waals surface area contributed by atoms with Crippen LogP contribution in [0.4, 0.5) is 11.4 Å². The third kappa shape index (κ3) is 8.49. The topological polar surface area (TPSA) is 202 Å². The molecule has 6 aromatic rings. The lowest BCUT2D eigenvalue weighted by Crippen LogP contribution is -2.35. The minimum atomic E-state index is -0.433. The van der Waals surface area contributed by atoms with E-state index in [0.717, 1.165) is 43.5 Å². The zero-order chi connectivity index (χ0) is 36.0. The Morgan fingerprint density at radius 3 is 2.08 bits per heavy atom. The molecule has 0 bridgehead atoms. The highest BCUT2D eigenvalue weighted by Gasteiger charge is 2.24. The molecule has 0 amide bonds. The van der Waals surface area contributed by atoms with Crippen molar-refractivity contribution < 1.29 is 29.3 Å². The summed E-state index contributed by atoms with van der Waals surface area (Å²) in [5, 5.41) is 31.8. The van der Waals surface area contributed by atoms with Gasteiger partial charge in [-0.15, -0.1) is 0 Å². The van der Waals surface area contributed by atoms with Crippen LogP contribution in [0.15, 0.2) is 53.9 Å². The van der Waals surface area contributed by atoms with Gasteiger partial charge in [-0.3, -0.25) is 30.4 Å². The molecule has 0 saturated heterocycles. The Morgan fingerprint density at radius 2 is 1.45 bits per heavy atom. The molecule has 256 valence electrons. The maximum atomic E-state index is 11.2. The summed E-state index contributed by atoms with van der Waals surface area (Å²) in [6.45, 7) is 8.27. The third-order valence-corrected chi connectivity index (χ3v) is 8.70. The summed E-state index contributed by atoms with van der Waals surface area (Å²) in [7, 11) is 3.26. The molecule has 49 heavy (non-hydrogen) atoms. The lowest BCUT2D eigenvalue weighted by molar-refractivity contribution is -0.909. The number of nitro groups is 2. The zero-order valence-electron chi connectivity index (χ0n) is 27.8. The summed E-state index contributed by atoms with van der Waals surface area (Å²) in [6.07, 6.45) is 2.88. The fraction of sp³-hybridized carbons (Fsp3) is 0.250. The van der Waals surface area contributed by atoms with Crippen LogP contribution in [0.5, 0.6) is 11.5 Å². The molecule has 4 N–H and O–H groups in total. The number of hydrogen-bond acceptors (Lipinski definition) is 11. The molecule has 0 spiro atoms. The van der Waals surface area contributed by atoms with Crippen LogP contribution in [0.3, 0.4) is 0 Å². The van der Waals surface area contributed by atoms with Crippen LogP contribution in [-0.2, 0) is 5.75 Å². The number of imidazole rings is 2. The Hall–Kier alpha value is -5.55. The van der Waals surface area contributed by atoms with Gasteiger partial charge in [0, 0.05) is 46.9 Å². The van der Waals surface area contributed by atoms with Gasteiger partial charge in [0.2, 0.25) is 11.9 Å². The second-order valence-electron chi connectivity index (χ2n) is 10.8. The highest BCUT2D eigenvalue weighted by molar-refractivity contribution is 7.98. The monoisotopic (exact) mass is 707 g/mol. The van der Waals surface area contributed by atoms with Crippen molar-refractivity contribution in [3.63, 3.8) is 0 Å². The number of fused-ring (bicyclic) bond motifs is 2. The fourth-order valence-corrected chi connectivity index (χ4v) is 6.02. The maximum absolute atomic E-state index is 11.2. The summed E-state index contributed by atoms with van der Waals surface area (Å²) in [5.41, 5.74) is 7.20. The number of rotatable bonds is 7. The molecular weight excluding hydrogens is 673 g/mol. The lowest BCUT2D eigenvalue weighted by Gasteiger charge is -2.06. The van der Waals surface area contributed by atoms with E-state index in [4.69, 9.17) is 21.7 Å². The minimum absolute atomic E-state index is 0.0720. The predicted octanol–water partition coefficient (Wildman–Crippen LogP) is 7.06. The van der Waals surface area contributed by atoms with E-state index in [0.29, 0.717) is 44.2 Å². The average molecular weight is 708 g/mol. The first-order valence-corrected chi connectivity index (χ1v) is 16.0. The van der Waals surface area contributed by atoms with Crippen LogP contribution in [0.1, 0.15) is 33.6 Å². The van der Waals surface area contributed by atoms with Gasteiger partial charge in [0.15, 0.2) is 9.93 Å². The SMILES string of the molecule is COc1ccc2[nH]c(=S)[nH]c2c1.COc1ccc2nc(SCc3ncc(C)c([N+](=O)[O-])c3C)[nH]c2c1.Cc1c[n+](O)c(C)c(C)c1[N+](=O)[O-]. The molecule has 15 nitrogen and oxygen atoms in total. The van der Waals surface area contributed by atoms with Crippen molar-refractivity contribution in [1.29, 1.82) is 0 Å². The number of methoxy groups -OCH3 is 2. The molecule has 6 rings (SSSR count). The van der Waals surface area contributed by atoms with Gasteiger partial charge in [-0.1, -0.05) is 11.8 Å². The molecule has 0 fully saturated rings. The van der Waals surface area contributed by atoms with Crippen LogP contribution in [-0.4, -0.2) is 54.2 Å². The summed E-state index contributed by atoms with van der Waals surface area (Å²) < 4.78 is 11.8. The number of aromatic amines is 3. The standard InChI is InChI=1S/C16H16N4O3S.C8H11N2O3.C8H8N2OS/c1-9-7-17-14(10(2)15(9)20(21)22)8-24-16-18-12-5-4-11(23-3)6-13(12)19-16;1-5-4-9(11)7(3)6(2)8(5)10(12)13;1-11-5-2-3-6-7(4-5)10-8(12)9-6/h4-7H,8H2,1-3H3,(H,18,19);4,11H,1-3H3;2-4H,1H3,(H2,9,10,12)/q;+1;. The normalized spacial score (nSPS) is 10.6. The minimum Gasteiger partial charge on any atom is -0.497 e. The Balaban J connectivity index is 0.000000182. The number of H-pyrrole nitrogens is 3. The molecule has 0 aliphatic rings. The average Bonchev–Trinajstić information content (AvgIpc) is 3.64. The predicted molar refractivity (Wildman–Crippen MR) is 187 cm³/mol. The van der Waals surface area contributed by atoms with Gasteiger partial charge in [0.1, 0.15) is 11.5 Å². The van der Waals surface area contributed by atoms with E-state index < -0.39 is 4.92 Å². The van der Waals surface area contributed by atoms with Crippen molar-refractivity contribution in [1.82, 2.24) is 24.9 Å². The van der Waals surface area contributed by atoms with Gasteiger partial charge >= 0.3 is 0 Å². The summed E-state index contributed by atoms with van der Waals surface area (Å²) in [4.78, 5) is 39.1. The van der Waals surface area contributed by atoms with Gasteiger partial charge in [0.25, 0.3) is 11.4 Å². The van der Waals surface area contributed by atoms with Crippen molar-refractivity contribution in [3.8, 4) is 11.5 Å². The summed E-state index contributed by atoms with van der Waals surface area (Å²) in [5.74, 6) is 2.09. The molecule has 2 aromatic carbocycles. The molecule has 17 heteroatoms. The highest BCUT2D eigenvalue weighted by Crippen LogP contribution is 2.30. The number of hydrogen-bond donors (Lipinski definition) is 4. The Labute approximate surface area is 289 Å². The quantitative estimate of drug-likeness (QED) is 0.0330. The van der Waals surface area contributed by atoms with Gasteiger partial charge in [-0.05, 0) is 64.2 Å². The molecule has 0 aliphatic carbocycles. The number of pyridine rings is 2. The highest BCUT2D eigenvalue weighted by atomic mass is 32.2. The first kappa shape index (κ1) is 36.3. The zero-order valence-corrected chi connectivity index (χ0v) is 29.4. The second kappa shape index (κ2) is 15.6. The van der Waals surface area contributed by atoms with Gasteiger partial charge in [-0.2, -0.15) is 0 Å². The first-order chi connectivity index (χ1) is 23.2. The largest absolute Gasteiger partial charge is 0.497 e. The van der Waals surface area contributed by atoms with Crippen molar-refractivity contribution in [2.45, 2.75) is 45.5 Å². The first-order valence-electron chi connectivity index (χ1n) is 14.6. The van der Waals surface area contributed by atoms with E-state index in [1.165, 1.54) is 18.0 Å². The van der Waals surface area contributed by atoms with E-state index in [9.17, 15) is 25.4 Å². The number of aromatic nitrogens is 6. The number of nitrogens with one attached hydrogen (secondary N) is 3. The molecule has 0 saturated carbocycles. The van der Waals surface area contributed by atoms with Crippen molar-refractivity contribution >= 4 is 57.4 Å². The van der Waals surface area contributed by atoms with Gasteiger partial charge in [0.05, 0.1) is 63.0 Å². The smallest absolute Gasteiger partial charge is 0.287 e. The van der Waals surface area contributed by atoms with Crippen molar-refractivity contribution in [2.24, 2.45) is 0 Å². The molecule has 0 radical (unpaired) electrons. The van der Waals surface area contributed by atoms with Crippen LogP contribution in [0.2, 0.25) is 0 Å². The van der Waals surface area contributed by atoms with E-state index >= 15 is 0 Å². The maximum Gasteiger partial charge on any atom is 0.287 e. The Morgan fingerprint density at radius 1 is 0.857 bits per heavy atom. The number of aryl methyl sites for hydroxylation is 2. The molecule has 0 atom stereocenters. The Bertz CT molecular complexity index is 2230. The molecular formula is C32H35N8O7S2+. The number of benzene rings is 2. The Kier molecular flexibility index (Phi) is 11.5.